The van der Waals surface area contributed by atoms with Gasteiger partial charge in [-0.25, -0.2) is 9.78 Å². The third-order valence-electron chi connectivity index (χ3n) is 3.68. The van der Waals surface area contributed by atoms with Crippen LogP contribution in [0, 0.1) is 0 Å². The molecular weight excluding hydrogens is 350 g/mol. The van der Waals surface area contributed by atoms with Crippen molar-refractivity contribution in [3.8, 4) is 11.3 Å². The highest BCUT2D eigenvalue weighted by Gasteiger charge is 2.09. The van der Waals surface area contributed by atoms with Crippen LogP contribution in [0.25, 0.3) is 11.3 Å². The minimum atomic E-state index is -0.406. The first kappa shape index (κ1) is 17.8. The van der Waals surface area contributed by atoms with E-state index in [-0.39, 0.29) is 5.91 Å². The number of nitrogens with one attached hydrogen (secondary N) is 1. The molecule has 0 spiro atoms. The predicted molar refractivity (Wildman–Crippen MR) is 100 cm³/mol. The van der Waals surface area contributed by atoms with Crippen molar-refractivity contribution >= 4 is 28.9 Å². The number of esters is 1. The Hall–Kier alpha value is -3.06. The zero-order valence-corrected chi connectivity index (χ0v) is 15.0. The van der Waals surface area contributed by atoms with Gasteiger partial charge in [0.1, 0.15) is 0 Å². The number of aromatic nitrogens is 2. The van der Waals surface area contributed by atoms with Gasteiger partial charge < -0.3 is 10.1 Å². The van der Waals surface area contributed by atoms with Gasteiger partial charge in [0.25, 0.3) is 0 Å². The fourth-order valence-electron chi connectivity index (χ4n) is 2.33. The molecule has 0 aliphatic carbocycles. The summed E-state index contributed by atoms with van der Waals surface area (Å²) in [4.78, 5) is 32.0. The van der Waals surface area contributed by atoms with Gasteiger partial charge in [-0.15, -0.1) is 11.3 Å². The number of pyridine rings is 1. The van der Waals surface area contributed by atoms with Crippen LogP contribution in [0.2, 0.25) is 0 Å². The van der Waals surface area contributed by atoms with E-state index in [2.05, 4.69) is 20.0 Å². The van der Waals surface area contributed by atoms with Crippen LogP contribution in [0.3, 0.4) is 0 Å². The number of ether oxygens (including phenoxy) is 1. The molecule has 6 nitrogen and oxygen atoms in total. The van der Waals surface area contributed by atoms with E-state index < -0.39 is 5.97 Å². The summed E-state index contributed by atoms with van der Waals surface area (Å²) in [6.07, 6.45) is 4.37. The lowest BCUT2D eigenvalue weighted by Gasteiger charge is -2.05. The Morgan fingerprint density at radius 2 is 1.85 bits per heavy atom. The van der Waals surface area contributed by atoms with Crippen LogP contribution in [0.1, 0.15) is 21.8 Å². The number of amides is 1. The molecule has 0 radical (unpaired) electrons. The number of carbonyl (C=O) groups excluding carboxylic acids is 2. The summed E-state index contributed by atoms with van der Waals surface area (Å²) >= 11 is 1.54. The highest BCUT2D eigenvalue weighted by Crippen LogP contribution is 2.22. The average Bonchev–Trinajstić information content (AvgIpc) is 3.16. The Labute approximate surface area is 154 Å². The predicted octanol–water partition coefficient (Wildman–Crippen LogP) is 3.56. The quantitative estimate of drug-likeness (QED) is 0.674. The molecule has 1 N–H and O–H groups in total. The Morgan fingerprint density at radius 1 is 1.12 bits per heavy atom. The van der Waals surface area contributed by atoms with E-state index in [4.69, 9.17) is 0 Å². The minimum Gasteiger partial charge on any atom is -0.465 e. The maximum Gasteiger partial charge on any atom is 0.337 e. The second-order valence-electron chi connectivity index (χ2n) is 5.48. The Kier molecular flexibility index (Phi) is 5.70. The van der Waals surface area contributed by atoms with Crippen molar-refractivity contribution in [1.29, 1.82) is 0 Å². The summed E-state index contributed by atoms with van der Waals surface area (Å²) in [6.45, 7) is 0. The highest BCUT2D eigenvalue weighted by atomic mass is 32.1. The Morgan fingerprint density at radius 3 is 2.54 bits per heavy atom. The van der Waals surface area contributed by atoms with Crippen LogP contribution in [-0.2, 0) is 16.0 Å². The largest absolute Gasteiger partial charge is 0.465 e. The zero-order valence-electron chi connectivity index (χ0n) is 14.1. The summed E-state index contributed by atoms with van der Waals surface area (Å²) in [5.74, 6) is -0.506. The third-order valence-corrected chi connectivity index (χ3v) is 4.59. The van der Waals surface area contributed by atoms with Gasteiger partial charge >= 0.3 is 5.97 Å². The number of anilines is 1. The number of hydrogen-bond donors (Lipinski definition) is 1. The highest BCUT2D eigenvalue weighted by molar-refractivity contribution is 7.09. The van der Waals surface area contributed by atoms with Crippen LogP contribution in [0.4, 0.5) is 5.69 Å². The summed E-state index contributed by atoms with van der Waals surface area (Å²) in [5, 5.41) is 5.70. The molecule has 0 saturated carbocycles. The molecule has 0 aliphatic heterocycles. The molecule has 2 aromatic heterocycles. The molecule has 0 saturated heterocycles. The first-order valence-electron chi connectivity index (χ1n) is 7.99. The molecule has 26 heavy (non-hydrogen) atoms. The maximum absolute atomic E-state index is 12.1. The van der Waals surface area contributed by atoms with Crippen LogP contribution >= 0.6 is 11.3 Å². The fraction of sp³-hybridized carbons (Fsp3) is 0.158. The lowest BCUT2D eigenvalue weighted by atomic mass is 10.2. The third kappa shape index (κ3) is 4.52. The molecule has 0 fully saturated rings. The van der Waals surface area contributed by atoms with Crippen molar-refractivity contribution in [2.75, 3.05) is 12.4 Å². The van der Waals surface area contributed by atoms with Crippen molar-refractivity contribution in [3.05, 3.63) is 64.7 Å². The van der Waals surface area contributed by atoms with Crippen LogP contribution < -0.4 is 5.32 Å². The molecule has 132 valence electrons. The van der Waals surface area contributed by atoms with Gasteiger partial charge in [-0.2, -0.15) is 0 Å². The number of rotatable bonds is 6. The number of benzene rings is 1. The molecule has 3 aromatic rings. The first-order valence-corrected chi connectivity index (χ1v) is 8.86. The number of thiazole rings is 1. The normalized spacial score (nSPS) is 10.3. The molecule has 0 bridgehead atoms. The zero-order chi connectivity index (χ0) is 18.4. The molecule has 1 aromatic carbocycles. The van der Waals surface area contributed by atoms with E-state index in [0.29, 0.717) is 24.1 Å². The standard InChI is InChI=1S/C19H17N3O3S/c1-25-19(24)14-2-4-15(5-3-14)21-17(23)6-7-18-22-16(12-26-18)13-8-10-20-11-9-13/h2-5,8-12H,6-7H2,1H3,(H,21,23). The van der Waals surface area contributed by atoms with Crippen molar-refractivity contribution in [2.24, 2.45) is 0 Å². The van der Waals surface area contributed by atoms with Crippen molar-refractivity contribution < 1.29 is 14.3 Å². The van der Waals surface area contributed by atoms with E-state index in [1.54, 1.807) is 36.7 Å². The summed E-state index contributed by atoms with van der Waals surface area (Å²) < 4.78 is 4.64. The van der Waals surface area contributed by atoms with Crippen molar-refractivity contribution in [1.82, 2.24) is 9.97 Å². The van der Waals surface area contributed by atoms with E-state index in [1.165, 1.54) is 18.4 Å². The molecular formula is C19H17N3O3S. The smallest absolute Gasteiger partial charge is 0.337 e. The SMILES string of the molecule is COC(=O)c1ccc(NC(=O)CCc2nc(-c3ccncc3)cs2)cc1. The second-order valence-corrected chi connectivity index (χ2v) is 6.42. The lowest BCUT2D eigenvalue weighted by Crippen LogP contribution is -2.12. The monoisotopic (exact) mass is 367 g/mol. The van der Waals surface area contributed by atoms with Gasteiger partial charge in [0, 0.05) is 41.9 Å². The number of aryl methyl sites for hydroxylation is 1. The minimum absolute atomic E-state index is 0.100. The van der Waals surface area contributed by atoms with Crippen molar-refractivity contribution in [2.45, 2.75) is 12.8 Å². The molecule has 0 unspecified atom stereocenters. The van der Waals surface area contributed by atoms with Gasteiger partial charge in [-0.1, -0.05) is 0 Å². The molecule has 0 atom stereocenters. The lowest BCUT2D eigenvalue weighted by molar-refractivity contribution is -0.116. The van der Waals surface area contributed by atoms with E-state index in [9.17, 15) is 9.59 Å². The molecule has 3 rings (SSSR count). The van der Waals surface area contributed by atoms with Gasteiger partial charge in [0.2, 0.25) is 5.91 Å². The number of hydrogen-bond acceptors (Lipinski definition) is 6. The summed E-state index contributed by atoms with van der Waals surface area (Å²) in [7, 11) is 1.33. The summed E-state index contributed by atoms with van der Waals surface area (Å²) in [6, 6.07) is 10.4. The second kappa shape index (κ2) is 8.35. The van der Waals surface area contributed by atoms with Crippen LogP contribution in [0.15, 0.2) is 54.2 Å². The van der Waals surface area contributed by atoms with Crippen molar-refractivity contribution in [3.63, 3.8) is 0 Å². The number of nitrogens with zero attached hydrogens (tertiary/aromatic N) is 2. The van der Waals surface area contributed by atoms with Gasteiger partial charge in [-0.3, -0.25) is 9.78 Å². The van der Waals surface area contributed by atoms with E-state index in [1.807, 2.05) is 17.5 Å². The van der Waals surface area contributed by atoms with Crippen LogP contribution in [0.5, 0.6) is 0 Å². The van der Waals surface area contributed by atoms with Gasteiger partial charge in [-0.05, 0) is 36.4 Å². The van der Waals surface area contributed by atoms with E-state index in [0.717, 1.165) is 16.3 Å². The Bertz CT molecular complexity index is 892. The maximum atomic E-state index is 12.1. The molecule has 0 aliphatic rings. The number of methoxy groups -OCH3 is 1. The molecule has 1 amide bonds. The summed E-state index contributed by atoms with van der Waals surface area (Å²) in [5.41, 5.74) is 2.99. The van der Waals surface area contributed by atoms with Gasteiger partial charge in [0.05, 0.1) is 23.4 Å². The van der Waals surface area contributed by atoms with Gasteiger partial charge in [0.15, 0.2) is 0 Å². The van der Waals surface area contributed by atoms with Crippen LogP contribution in [-0.4, -0.2) is 29.0 Å². The number of carbonyl (C=O) groups is 2. The fourth-order valence-corrected chi connectivity index (χ4v) is 3.14. The van der Waals surface area contributed by atoms with E-state index >= 15 is 0 Å². The topological polar surface area (TPSA) is 81.2 Å². The average molecular weight is 367 g/mol. The Balaban J connectivity index is 1.53. The molecule has 7 heteroatoms. The first-order chi connectivity index (χ1) is 12.7. The molecule has 2 heterocycles.